The molecule has 0 unspecified atom stereocenters. The Hall–Kier alpha value is -4.26. The summed E-state index contributed by atoms with van der Waals surface area (Å²) in [7, 11) is 1.68. The molecule has 1 amide bonds. The molecule has 0 bridgehead atoms. The molecule has 7 heteroatoms. The first kappa shape index (κ1) is 21.0. The lowest BCUT2D eigenvalue weighted by Gasteiger charge is -2.17. The Bertz CT molecular complexity index is 1270. The Morgan fingerprint density at radius 3 is 2.34 bits per heavy atom. The molecule has 4 aromatic rings. The van der Waals surface area contributed by atoms with E-state index in [0.29, 0.717) is 12.1 Å². The van der Waals surface area contributed by atoms with Gasteiger partial charge in [-0.2, -0.15) is 5.10 Å². The smallest absolute Gasteiger partial charge is 0.273 e. The fraction of sp³-hybridized carbons (Fsp3) is 0.120. The number of benzene rings is 3. The monoisotopic (exact) mass is 426 g/mol. The summed E-state index contributed by atoms with van der Waals surface area (Å²) in [5, 5.41) is 16.0. The van der Waals surface area contributed by atoms with Crippen LogP contribution >= 0.6 is 0 Å². The van der Waals surface area contributed by atoms with Gasteiger partial charge in [0.2, 0.25) is 0 Å². The standard InChI is InChI=1S/C25H22N4O3/c1-18-13-14-20(15-23(18)29(31)32)25(30)27(2)16-21-17-28(22-11-7-4-8-12-22)26-24(21)19-9-5-3-6-10-19/h3-15,17H,16H2,1-2H3. The van der Waals surface area contributed by atoms with Crippen LogP contribution in [0.25, 0.3) is 16.9 Å². The molecule has 0 atom stereocenters. The summed E-state index contributed by atoms with van der Waals surface area (Å²) in [4.78, 5) is 25.4. The molecule has 7 nitrogen and oxygen atoms in total. The Morgan fingerprint density at radius 2 is 1.69 bits per heavy atom. The molecule has 0 radical (unpaired) electrons. The zero-order valence-corrected chi connectivity index (χ0v) is 17.8. The lowest BCUT2D eigenvalue weighted by molar-refractivity contribution is -0.385. The van der Waals surface area contributed by atoms with Crippen molar-refractivity contribution in [3.8, 4) is 16.9 Å². The Labute approximate surface area is 185 Å². The van der Waals surface area contributed by atoms with Crippen molar-refractivity contribution in [1.29, 1.82) is 0 Å². The quantitative estimate of drug-likeness (QED) is 0.320. The first-order chi connectivity index (χ1) is 15.4. The van der Waals surface area contributed by atoms with Gasteiger partial charge < -0.3 is 4.90 Å². The minimum absolute atomic E-state index is 0.0638. The second kappa shape index (κ2) is 8.85. The average Bonchev–Trinajstić information content (AvgIpc) is 3.23. The minimum Gasteiger partial charge on any atom is -0.337 e. The van der Waals surface area contributed by atoms with Crippen LogP contribution in [0.5, 0.6) is 0 Å². The first-order valence-electron chi connectivity index (χ1n) is 10.1. The molecule has 0 aliphatic rings. The number of aromatic nitrogens is 2. The van der Waals surface area contributed by atoms with E-state index in [2.05, 4.69) is 0 Å². The van der Waals surface area contributed by atoms with Crippen LogP contribution in [-0.4, -0.2) is 32.6 Å². The number of hydrogen-bond donors (Lipinski definition) is 0. The van der Waals surface area contributed by atoms with Crippen molar-refractivity contribution in [2.24, 2.45) is 0 Å². The highest BCUT2D eigenvalue weighted by Crippen LogP contribution is 2.26. The second-order valence-corrected chi connectivity index (χ2v) is 7.57. The van der Waals surface area contributed by atoms with E-state index >= 15 is 0 Å². The van der Waals surface area contributed by atoms with Gasteiger partial charge in [0.25, 0.3) is 11.6 Å². The minimum atomic E-state index is -0.469. The van der Waals surface area contributed by atoms with Crippen molar-refractivity contribution in [2.45, 2.75) is 13.5 Å². The molecule has 1 aromatic heterocycles. The molecule has 1 heterocycles. The molecular weight excluding hydrogens is 404 g/mol. The molecule has 0 N–H and O–H groups in total. The normalized spacial score (nSPS) is 10.7. The molecule has 4 rings (SSSR count). The maximum absolute atomic E-state index is 13.0. The number of carbonyl (C=O) groups is 1. The van der Waals surface area contributed by atoms with Crippen molar-refractivity contribution in [1.82, 2.24) is 14.7 Å². The van der Waals surface area contributed by atoms with Crippen molar-refractivity contribution >= 4 is 11.6 Å². The molecule has 0 aliphatic carbocycles. The van der Waals surface area contributed by atoms with Gasteiger partial charge in [-0.3, -0.25) is 14.9 Å². The summed E-state index contributed by atoms with van der Waals surface area (Å²) in [6.07, 6.45) is 1.92. The third-order valence-corrected chi connectivity index (χ3v) is 5.26. The van der Waals surface area contributed by atoms with Crippen LogP contribution in [0.2, 0.25) is 0 Å². The zero-order valence-electron chi connectivity index (χ0n) is 17.8. The molecule has 0 saturated carbocycles. The van der Waals surface area contributed by atoms with Gasteiger partial charge in [0.15, 0.2) is 0 Å². The first-order valence-corrected chi connectivity index (χ1v) is 10.1. The van der Waals surface area contributed by atoms with Crippen LogP contribution in [0, 0.1) is 17.0 Å². The molecule has 0 fully saturated rings. The van der Waals surface area contributed by atoms with Gasteiger partial charge in [-0.25, -0.2) is 4.68 Å². The molecule has 0 spiro atoms. The maximum Gasteiger partial charge on any atom is 0.273 e. The number of carbonyl (C=O) groups excluding carboxylic acids is 1. The van der Waals surface area contributed by atoms with Crippen LogP contribution in [0.1, 0.15) is 21.5 Å². The fourth-order valence-electron chi connectivity index (χ4n) is 3.56. The van der Waals surface area contributed by atoms with Gasteiger partial charge in [0.1, 0.15) is 0 Å². The van der Waals surface area contributed by atoms with E-state index < -0.39 is 4.92 Å². The van der Waals surface area contributed by atoms with Crippen LogP contribution in [0.15, 0.2) is 85.1 Å². The largest absolute Gasteiger partial charge is 0.337 e. The van der Waals surface area contributed by atoms with E-state index in [4.69, 9.17) is 5.10 Å². The van der Waals surface area contributed by atoms with Crippen LogP contribution < -0.4 is 0 Å². The summed E-state index contributed by atoms with van der Waals surface area (Å²) in [6, 6.07) is 24.1. The summed E-state index contributed by atoms with van der Waals surface area (Å²) < 4.78 is 1.80. The Kier molecular flexibility index (Phi) is 5.81. The van der Waals surface area contributed by atoms with E-state index in [1.165, 1.54) is 6.07 Å². The number of nitrogens with zero attached hydrogens (tertiary/aromatic N) is 4. The van der Waals surface area contributed by atoms with Gasteiger partial charge in [0.05, 0.1) is 16.3 Å². The zero-order chi connectivity index (χ0) is 22.7. The molecule has 3 aromatic carbocycles. The highest BCUT2D eigenvalue weighted by molar-refractivity contribution is 5.95. The number of aryl methyl sites for hydroxylation is 1. The number of para-hydroxylation sites is 1. The third-order valence-electron chi connectivity index (χ3n) is 5.26. The summed E-state index contributed by atoms with van der Waals surface area (Å²) in [5.41, 5.74) is 4.25. The molecule has 0 aliphatic heterocycles. The summed E-state index contributed by atoms with van der Waals surface area (Å²) in [5.74, 6) is -0.292. The van der Waals surface area contributed by atoms with Crippen molar-refractivity contribution in [3.63, 3.8) is 0 Å². The maximum atomic E-state index is 13.0. The lowest BCUT2D eigenvalue weighted by atomic mass is 10.1. The van der Waals surface area contributed by atoms with E-state index in [-0.39, 0.29) is 17.2 Å². The third kappa shape index (κ3) is 4.27. The molecule has 0 saturated heterocycles. The number of nitro benzene ring substituents is 1. The van der Waals surface area contributed by atoms with Gasteiger partial charge in [-0.15, -0.1) is 0 Å². The average molecular weight is 426 g/mol. The lowest BCUT2D eigenvalue weighted by Crippen LogP contribution is -2.26. The molecule has 160 valence electrons. The van der Waals surface area contributed by atoms with Gasteiger partial charge in [-0.05, 0) is 25.1 Å². The highest BCUT2D eigenvalue weighted by atomic mass is 16.6. The van der Waals surface area contributed by atoms with E-state index in [9.17, 15) is 14.9 Å². The van der Waals surface area contributed by atoms with Crippen molar-refractivity contribution in [3.05, 3.63) is 112 Å². The predicted octanol–water partition coefficient (Wildman–Crippen LogP) is 5.03. The SMILES string of the molecule is Cc1ccc(C(=O)N(C)Cc2cn(-c3ccccc3)nc2-c2ccccc2)cc1[N+](=O)[O-]. The Morgan fingerprint density at radius 1 is 1.03 bits per heavy atom. The van der Waals surface area contributed by atoms with E-state index in [1.54, 1.807) is 35.7 Å². The van der Waals surface area contributed by atoms with Crippen LogP contribution in [0.3, 0.4) is 0 Å². The summed E-state index contributed by atoms with van der Waals surface area (Å²) >= 11 is 0. The fourth-order valence-corrected chi connectivity index (χ4v) is 3.56. The second-order valence-electron chi connectivity index (χ2n) is 7.57. The molecule has 32 heavy (non-hydrogen) atoms. The topological polar surface area (TPSA) is 81.3 Å². The van der Waals surface area contributed by atoms with E-state index in [1.807, 2.05) is 66.9 Å². The van der Waals surface area contributed by atoms with Gasteiger partial charge in [0, 0.05) is 48.1 Å². The van der Waals surface area contributed by atoms with Gasteiger partial charge in [-0.1, -0.05) is 54.6 Å². The number of rotatable bonds is 6. The summed E-state index contributed by atoms with van der Waals surface area (Å²) in [6.45, 7) is 1.96. The van der Waals surface area contributed by atoms with Crippen molar-refractivity contribution in [2.75, 3.05) is 7.05 Å². The van der Waals surface area contributed by atoms with Crippen LogP contribution in [0.4, 0.5) is 5.69 Å². The number of hydrogen-bond acceptors (Lipinski definition) is 4. The number of amides is 1. The Balaban J connectivity index is 1.67. The van der Waals surface area contributed by atoms with Crippen LogP contribution in [-0.2, 0) is 6.54 Å². The van der Waals surface area contributed by atoms with Crippen molar-refractivity contribution < 1.29 is 9.72 Å². The number of nitro groups is 1. The molecular formula is C25H22N4O3. The van der Waals surface area contributed by atoms with Gasteiger partial charge >= 0.3 is 0 Å². The predicted molar refractivity (Wildman–Crippen MR) is 123 cm³/mol. The highest BCUT2D eigenvalue weighted by Gasteiger charge is 2.20. The van der Waals surface area contributed by atoms with E-state index in [0.717, 1.165) is 22.5 Å².